The Kier molecular flexibility index (Phi) is 5.44. The molecule has 0 bridgehead atoms. The molecule has 2 rings (SSSR count). The molecule has 3 heteroatoms. The fraction of sp³-hybridized carbons (Fsp3) is 0.562. The van der Waals surface area contributed by atoms with Crippen molar-refractivity contribution in [1.82, 2.24) is 5.32 Å². The van der Waals surface area contributed by atoms with Crippen LogP contribution in [0.15, 0.2) is 28.7 Å². The van der Waals surface area contributed by atoms with Gasteiger partial charge in [0.1, 0.15) is 0 Å². The van der Waals surface area contributed by atoms with Gasteiger partial charge in [-0.2, -0.15) is 0 Å². The molecule has 1 aliphatic carbocycles. The molecule has 1 N–H and O–H groups in total. The van der Waals surface area contributed by atoms with Gasteiger partial charge in [0.05, 0.1) is 6.04 Å². The molecule has 1 aromatic carbocycles. The van der Waals surface area contributed by atoms with E-state index in [1.165, 1.54) is 32.1 Å². The molecule has 1 saturated carbocycles. The van der Waals surface area contributed by atoms with E-state index in [4.69, 9.17) is 0 Å². The number of nitrogens with one attached hydrogen (secondary N) is 1. The van der Waals surface area contributed by atoms with Crippen molar-refractivity contribution in [2.45, 2.75) is 51.5 Å². The Morgan fingerprint density at radius 2 is 1.89 bits per heavy atom. The van der Waals surface area contributed by atoms with E-state index in [1.807, 2.05) is 19.1 Å². The Hall–Kier alpha value is -0.830. The van der Waals surface area contributed by atoms with Gasteiger partial charge >= 0.3 is 0 Å². The maximum absolute atomic E-state index is 12.0. The summed E-state index contributed by atoms with van der Waals surface area (Å²) in [5.41, 5.74) is 1.15. The van der Waals surface area contributed by atoms with Gasteiger partial charge in [0.25, 0.3) is 0 Å². The van der Waals surface area contributed by atoms with E-state index in [0.717, 1.165) is 10.0 Å². The van der Waals surface area contributed by atoms with Crippen LogP contribution >= 0.6 is 15.9 Å². The van der Waals surface area contributed by atoms with E-state index < -0.39 is 0 Å². The minimum absolute atomic E-state index is 0.0872. The van der Waals surface area contributed by atoms with Gasteiger partial charge in [0.2, 0.25) is 5.91 Å². The number of benzene rings is 1. The Bertz CT molecular complexity index is 409. The number of carbonyl (C=O) groups excluding carboxylic acids is 1. The van der Waals surface area contributed by atoms with Gasteiger partial charge in [-0.05, 0) is 43.4 Å². The second-order valence-electron chi connectivity index (χ2n) is 5.55. The van der Waals surface area contributed by atoms with Crippen molar-refractivity contribution in [2.24, 2.45) is 5.92 Å². The number of carbonyl (C=O) groups is 1. The third-order valence-corrected chi connectivity index (χ3v) is 4.47. The Balaban J connectivity index is 1.82. The molecule has 104 valence electrons. The topological polar surface area (TPSA) is 29.1 Å². The molecular formula is C16H22BrNO. The van der Waals surface area contributed by atoms with E-state index in [1.54, 1.807) is 0 Å². The normalized spacial score (nSPS) is 18.0. The van der Waals surface area contributed by atoms with Crippen molar-refractivity contribution in [2.75, 3.05) is 0 Å². The van der Waals surface area contributed by atoms with E-state index in [-0.39, 0.29) is 11.9 Å². The zero-order valence-electron chi connectivity index (χ0n) is 11.5. The van der Waals surface area contributed by atoms with Gasteiger partial charge in [-0.25, -0.2) is 0 Å². The molecule has 1 aliphatic rings. The predicted octanol–water partition coefficient (Wildman–Crippen LogP) is 4.60. The fourth-order valence-corrected chi connectivity index (χ4v) is 3.05. The average molecular weight is 324 g/mol. The van der Waals surface area contributed by atoms with Crippen LogP contribution in [0.2, 0.25) is 0 Å². The van der Waals surface area contributed by atoms with Crippen LogP contribution in [0.3, 0.4) is 0 Å². The number of amides is 1. The number of rotatable bonds is 4. The SMILES string of the molecule is CC(NC(=O)CC1CCCCC1)c1ccc(Br)cc1. The minimum atomic E-state index is 0.0872. The molecule has 1 fully saturated rings. The summed E-state index contributed by atoms with van der Waals surface area (Å²) in [6.45, 7) is 2.04. The Morgan fingerprint density at radius 1 is 1.26 bits per heavy atom. The number of halogens is 1. The van der Waals surface area contributed by atoms with Crippen molar-refractivity contribution < 1.29 is 4.79 Å². The molecule has 1 aromatic rings. The first-order chi connectivity index (χ1) is 9.15. The van der Waals surface area contributed by atoms with Crippen LogP contribution in [0.1, 0.15) is 57.1 Å². The van der Waals surface area contributed by atoms with Crippen molar-refractivity contribution >= 4 is 21.8 Å². The first kappa shape index (κ1) is 14.6. The molecular weight excluding hydrogens is 302 g/mol. The summed E-state index contributed by atoms with van der Waals surface area (Å²) in [4.78, 5) is 12.0. The summed E-state index contributed by atoms with van der Waals surface area (Å²) in [7, 11) is 0. The molecule has 2 nitrogen and oxygen atoms in total. The lowest BCUT2D eigenvalue weighted by Crippen LogP contribution is -2.28. The summed E-state index contributed by atoms with van der Waals surface area (Å²) < 4.78 is 1.07. The van der Waals surface area contributed by atoms with Crippen LogP contribution < -0.4 is 5.32 Å². The molecule has 19 heavy (non-hydrogen) atoms. The van der Waals surface area contributed by atoms with Crippen LogP contribution in [-0.2, 0) is 4.79 Å². The molecule has 0 radical (unpaired) electrons. The van der Waals surface area contributed by atoms with Crippen molar-refractivity contribution in [1.29, 1.82) is 0 Å². The van der Waals surface area contributed by atoms with Gasteiger partial charge < -0.3 is 5.32 Å². The zero-order chi connectivity index (χ0) is 13.7. The van der Waals surface area contributed by atoms with Gasteiger partial charge in [-0.3, -0.25) is 4.79 Å². The lowest BCUT2D eigenvalue weighted by Gasteiger charge is -2.22. The lowest BCUT2D eigenvalue weighted by molar-refractivity contribution is -0.122. The second kappa shape index (κ2) is 7.09. The van der Waals surface area contributed by atoms with Crippen molar-refractivity contribution in [3.63, 3.8) is 0 Å². The summed E-state index contributed by atoms with van der Waals surface area (Å²) in [5, 5.41) is 3.11. The van der Waals surface area contributed by atoms with Gasteiger partial charge in [0, 0.05) is 10.9 Å². The first-order valence-corrected chi connectivity index (χ1v) is 7.99. The molecule has 0 saturated heterocycles. The van der Waals surface area contributed by atoms with E-state index >= 15 is 0 Å². The molecule has 1 atom stereocenters. The summed E-state index contributed by atoms with van der Waals surface area (Å²) in [6.07, 6.45) is 7.06. The van der Waals surface area contributed by atoms with Crippen LogP contribution in [-0.4, -0.2) is 5.91 Å². The minimum Gasteiger partial charge on any atom is -0.350 e. The summed E-state index contributed by atoms with van der Waals surface area (Å²) in [5.74, 6) is 0.799. The fourth-order valence-electron chi connectivity index (χ4n) is 2.79. The van der Waals surface area contributed by atoms with Crippen LogP contribution in [0.4, 0.5) is 0 Å². The molecule has 1 amide bonds. The number of hydrogen-bond donors (Lipinski definition) is 1. The molecule has 0 spiro atoms. The standard InChI is InChI=1S/C16H22BrNO/c1-12(14-7-9-15(17)10-8-14)18-16(19)11-13-5-3-2-4-6-13/h7-10,12-13H,2-6,11H2,1H3,(H,18,19). The highest BCUT2D eigenvalue weighted by Gasteiger charge is 2.18. The smallest absolute Gasteiger partial charge is 0.220 e. The van der Waals surface area contributed by atoms with Crippen molar-refractivity contribution in [3.05, 3.63) is 34.3 Å². The highest BCUT2D eigenvalue weighted by Crippen LogP contribution is 2.26. The van der Waals surface area contributed by atoms with E-state index in [9.17, 15) is 4.79 Å². The van der Waals surface area contributed by atoms with Crippen molar-refractivity contribution in [3.8, 4) is 0 Å². The maximum Gasteiger partial charge on any atom is 0.220 e. The summed E-state index contributed by atoms with van der Waals surface area (Å²) in [6, 6.07) is 8.22. The molecule has 0 heterocycles. The van der Waals surface area contributed by atoms with Gasteiger partial charge in [-0.15, -0.1) is 0 Å². The highest BCUT2D eigenvalue weighted by molar-refractivity contribution is 9.10. The monoisotopic (exact) mass is 323 g/mol. The third-order valence-electron chi connectivity index (χ3n) is 3.95. The van der Waals surface area contributed by atoms with Gasteiger partial charge in [-0.1, -0.05) is 47.3 Å². The Labute approximate surface area is 124 Å². The molecule has 1 unspecified atom stereocenters. The second-order valence-corrected chi connectivity index (χ2v) is 6.46. The third kappa shape index (κ3) is 4.64. The predicted molar refractivity (Wildman–Crippen MR) is 81.9 cm³/mol. The lowest BCUT2D eigenvalue weighted by atomic mass is 9.87. The average Bonchev–Trinajstić information content (AvgIpc) is 2.40. The van der Waals surface area contributed by atoms with E-state index in [2.05, 4.69) is 33.4 Å². The van der Waals surface area contributed by atoms with E-state index in [0.29, 0.717) is 12.3 Å². The quantitative estimate of drug-likeness (QED) is 0.862. The number of hydrogen-bond acceptors (Lipinski definition) is 1. The Morgan fingerprint density at radius 3 is 2.53 bits per heavy atom. The van der Waals surface area contributed by atoms with Crippen LogP contribution in [0, 0.1) is 5.92 Å². The largest absolute Gasteiger partial charge is 0.350 e. The van der Waals surface area contributed by atoms with Crippen LogP contribution in [0.25, 0.3) is 0 Å². The zero-order valence-corrected chi connectivity index (χ0v) is 13.1. The molecule has 0 aromatic heterocycles. The van der Waals surface area contributed by atoms with Crippen LogP contribution in [0.5, 0.6) is 0 Å². The maximum atomic E-state index is 12.0. The summed E-state index contributed by atoms with van der Waals surface area (Å²) >= 11 is 3.42. The molecule has 0 aliphatic heterocycles. The van der Waals surface area contributed by atoms with Gasteiger partial charge in [0.15, 0.2) is 0 Å². The highest BCUT2D eigenvalue weighted by atomic mass is 79.9. The first-order valence-electron chi connectivity index (χ1n) is 7.20.